The van der Waals surface area contributed by atoms with Crippen LogP contribution in [0.4, 0.5) is 5.95 Å². The molecule has 4 aromatic heterocycles. The summed E-state index contributed by atoms with van der Waals surface area (Å²) in [4.78, 5) is 13.1. The van der Waals surface area contributed by atoms with E-state index in [-0.39, 0.29) is 12.1 Å². The summed E-state index contributed by atoms with van der Waals surface area (Å²) in [5, 5.41) is 7.97. The third kappa shape index (κ3) is 3.27. The van der Waals surface area contributed by atoms with Crippen molar-refractivity contribution in [2.45, 2.75) is 37.8 Å². The first kappa shape index (κ1) is 14.7. The lowest BCUT2D eigenvalue weighted by atomic mass is 9.93. The second kappa shape index (κ2) is 7.32. The lowest BCUT2D eigenvalue weighted by Gasteiger charge is -2.28. The average molecular weight is 396 g/mol. The number of methoxy groups -OCH3 is 2. The number of aromatic nitrogens is 6. The Labute approximate surface area is 171 Å². The van der Waals surface area contributed by atoms with Crippen LogP contribution in [0.5, 0.6) is 5.88 Å². The van der Waals surface area contributed by atoms with Crippen molar-refractivity contribution < 1.29 is 13.6 Å². The highest BCUT2D eigenvalue weighted by molar-refractivity contribution is 5.84. The molecule has 0 unspecified atom stereocenters. The van der Waals surface area contributed by atoms with Gasteiger partial charge in [0.25, 0.3) is 0 Å². The Hall–Kier alpha value is -3.20. The number of rotatable bonds is 5. The normalized spacial score (nSPS) is 21.6. The topological polar surface area (TPSA) is 90.9 Å². The molecule has 1 aliphatic carbocycles. The molecule has 0 atom stereocenters. The van der Waals surface area contributed by atoms with Crippen molar-refractivity contribution in [1.82, 2.24) is 29.0 Å². The molecule has 0 aromatic carbocycles. The Morgan fingerprint density at radius 1 is 1.21 bits per heavy atom. The second-order valence-electron chi connectivity index (χ2n) is 7.18. The monoisotopic (exact) mass is 396 g/mol. The summed E-state index contributed by atoms with van der Waals surface area (Å²) in [5.74, 6) is 1.54. The highest BCUT2D eigenvalue weighted by atomic mass is 16.5. The Kier molecular flexibility index (Phi) is 3.72. The number of nitrogens with zero attached hydrogens (tertiary/aromatic N) is 6. The fourth-order valence-electron chi connectivity index (χ4n) is 3.89. The van der Waals surface area contributed by atoms with Gasteiger partial charge in [-0.3, -0.25) is 4.40 Å². The van der Waals surface area contributed by atoms with Crippen molar-refractivity contribution >= 4 is 17.2 Å². The molecule has 0 bridgehead atoms. The van der Waals surface area contributed by atoms with Crippen molar-refractivity contribution in [3.8, 4) is 17.0 Å². The zero-order valence-corrected chi connectivity index (χ0v) is 15.9. The molecule has 9 heteroatoms. The van der Waals surface area contributed by atoms with E-state index in [1.165, 1.54) is 0 Å². The van der Waals surface area contributed by atoms with E-state index in [0.29, 0.717) is 30.4 Å². The van der Waals surface area contributed by atoms with Gasteiger partial charge in [-0.2, -0.15) is 4.98 Å². The summed E-state index contributed by atoms with van der Waals surface area (Å²) in [7, 11) is -0.770. The Morgan fingerprint density at radius 3 is 2.93 bits per heavy atom. The first-order chi connectivity index (χ1) is 15.4. The van der Waals surface area contributed by atoms with E-state index in [0.717, 1.165) is 29.5 Å². The van der Waals surface area contributed by atoms with Crippen LogP contribution in [-0.2, 0) is 4.74 Å². The number of ether oxygens (including phenoxy) is 2. The van der Waals surface area contributed by atoms with Gasteiger partial charge in [0.05, 0.1) is 17.3 Å². The van der Waals surface area contributed by atoms with Gasteiger partial charge in [0.1, 0.15) is 5.52 Å². The highest BCUT2D eigenvalue weighted by Crippen LogP contribution is 2.31. The third-order valence-corrected chi connectivity index (χ3v) is 5.40. The smallest absolute Gasteiger partial charge is 0.244 e. The van der Waals surface area contributed by atoms with Crippen LogP contribution in [-0.4, -0.2) is 55.3 Å². The molecule has 29 heavy (non-hydrogen) atoms. The van der Waals surface area contributed by atoms with Crippen LogP contribution in [0.25, 0.3) is 22.4 Å². The third-order valence-electron chi connectivity index (χ3n) is 5.40. The molecule has 4 aromatic rings. The zero-order valence-electron chi connectivity index (χ0n) is 18.9. The number of hydrogen-bond donors (Lipinski definition) is 1. The molecule has 1 saturated carbocycles. The molecular weight excluding hydrogens is 370 g/mol. The van der Waals surface area contributed by atoms with Crippen LogP contribution in [0.3, 0.4) is 0 Å². The van der Waals surface area contributed by atoms with E-state index in [9.17, 15) is 0 Å². The molecule has 0 aliphatic heterocycles. The highest BCUT2D eigenvalue weighted by Gasteiger charge is 2.22. The van der Waals surface area contributed by atoms with Crippen LogP contribution < -0.4 is 10.1 Å². The summed E-state index contributed by atoms with van der Waals surface area (Å²) >= 11 is 0. The van der Waals surface area contributed by atoms with E-state index in [2.05, 4.69) is 25.4 Å². The lowest BCUT2D eigenvalue weighted by molar-refractivity contribution is 0.0681. The van der Waals surface area contributed by atoms with Crippen LogP contribution in [0.2, 0.25) is 0 Å². The van der Waals surface area contributed by atoms with E-state index in [1.807, 2.05) is 29.1 Å². The van der Waals surface area contributed by atoms with Gasteiger partial charge in [0.2, 0.25) is 17.6 Å². The maximum Gasteiger partial charge on any atom is 0.244 e. The van der Waals surface area contributed by atoms with E-state index < -0.39 is 7.04 Å². The molecule has 0 amide bonds. The molecule has 5 rings (SSSR count). The second-order valence-corrected chi connectivity index (χ2v) is 7.18. The summed E-state index contributed by atoms with van der Waals surface area (Å²) in [5.41, 5.74) is 2.54. The molecule has 1 N–H and O–H groups in total. The molecule has 0 spiro atoms. The number of nitrogens with one attached hydrogen (secondary N) is 1. The van der Waals surface area contributed by atoms with Gasteiger partial charge in [0.15, 0.2) is 0 Å². The SMILES string of the molecule is [2H]C([2H])([2H])OC1CCC(Nc2nc(OC)c3c(-c4cnc5nccn5c4)ccn3n2)CC1. The number of anilines is 1. The predicted octanol–water partition coefficient (Wildman–Crippen LogP) is 2.82. The molecule has 150 valence electrons. The van der Waals surface area contributed by atoms with Crippen LogP contribution >= 0.6 is 0 Å². The molecule has 0 radical (unpaired) electrons. The Bertz CT molecular complexity index is 1250. The molecule has 4 heterocycles. The maximum absolute atomic E-state index is 7.27. The van der Waals surface area contributed by atoms with Crippen molar-refractivity contribution in [2.24, 2.45) is 0 Å². The standard InChI is InChI=1S/C20H23N7O2/c1-28-15-5-3-14(4-6-15)23-19-24-18(29-2)17-16(7-9-27(17)25-19)13-11-22-20-21-8-10-26(20)12-13/h7-12,14-15H,3-6H2,1-2H3,(H,23,25)/i1D3. The lowest BCUT2D eigenvalue weighted by Crippen LogP contribution is -2.30. The van der Waals surface area contributed by atoms with E-state index >= 15 is 0 Å². The van der Waals surface area contributed by atoms with Gasteiger partial charge in [-0.1, -0.05) is 0 Å². The van der Waals surface area contributed by atoms with Crippen molar-refractivity contribution in [2.75, 3.05) is 19.5 Å². The van der Waals surface area contributed by atoms with Gasteiger partial charge in [-0.25, -0.2) is 14.5 Å². The average Bonchev–Trinajstić information content (AvgIpc) is 3.40. The minimum atomic E-state index is -2.35. The maximum atomic E-state index is 7.27. The van der Waals surface area contributed by atoms with E-state index in [4.69, 9.17) is 13.6 Å². The fraction of sp³-hybridized carbons (Fsp3) is 0.400. The molecular formula is C20H23N7O2. The fourth-order valence-corrected chi connectivity index (χ4v) is 3.89. The van der Waals surface area contributed by atoms with Crippen molar-refractivity contribution in [3.63, 3.8) is 0 Å². The van der Waals surface area contributed by atoms with Gasteiger partial charge in [0, 0.05) is 55.2 Å². The molecule has 1 aliphatic rings. The number of imidazole rings is 1. The van der Waals surface area contributed by atoms with Gasteiger partial charge in [-0.15, -0.1) is 5.10 Å². The minimum absolute atomic E-state index is 0.136. The molecule has 1 fully saturated rings. The van der Waals surface area contributed by atoms with Crippen LogP contribution in [0.1, 0.15) is 29.8 Å². The van der Waals surface area contributed by atoms with Gasteiger partial charge < -0.3 is 14.8 Å². The van der Waals surface area contributed by atoms with Crippen molar-refractivity contribution in [3.05, 3.63) is 37.1 Å². The molecule has 9 nitrogen and oxygen atoms in total. The quantitative estimate of drug-likeness (QED) is 0.555. The summed E-state index contributed by atoms with van der Waals surface area (Å²) in [6, 6.07) is 2.09. The van der Waals surface area contributed by atoms with Crippen LogP contribution in [0.15, 0.2) is 37.1 Å². The van der Waals surface area contributed by atoms with Crippen LogP contribution in [0, 0.1) is 0 Å². The first-order valence-electron chi connectivity index (χ1n) is 11.1. The minimum Gasteiger partial charge on any atom is -0.479 e. The summed E-state index contributed by atoms with van der Waals surface area (Å²) in [6.07, 6.45) is 11.8. The summed E-state index contributed by atoms with van der Waals surface area (Å²) in [6.45, 7) is 0. The molecule has 0 saturated heterocycles. The largest absolute Gasteiger partial charge is 0.479 e. The van der Waals surface area contributed by atoms with Gasteiger partial charge >= 0.3 is 0 Å². The van der Waals surface area contributed by atoms with Gasteiger partial charge in [-0.05, 0) is 31.7 Å². The van der Waals surface area contributed by atoms with Crippen molar-refractivity contribution in [1.29, 1.82) is 0 Å². The Balaban J connectivity index is 1.37. The summed E-state index contributed by atoms with van der Waals surface area (Å²) < 4.78 is 36.1. The number of hydrogen-bond acceptors (Lipinski definition) is 7. The number of fused-ring (bicyclic) bond motifs is 2. The first-order valence-corrected chi connectivity index (χ1v) is 9.56. The predicted molar refractivity (Wildman–Crippen MR) is 108 cm³/mol. The Morgan fingerprint density at radius 2 is 2.10 bits per heavy atom. The zero-order chi connectivity index (χ0) is 22.3. The van der Waals surface area contributed by atoms with E-state index in [1.54, 1.807) is 24.0 Å².